The van der Waals surface area contributed by atoms with E-state index in [1.54, 1.807) is 0 Å². The van der Waals surface area contributed by atoms with Gasteiger partial charge in [-0.15, -0.1) is 0 Å². The van der Waals surface area contributed by atoms with Gasteiger partial charge >= 0.3 is 0 Å². The van der Waals surface area contributed by atoms with E-state index in [0.29, 0.717) is 5.92 Å². The lowest BCUT2D eigenvalue weighted by molar-refractivity contribution is -0.704. The van der Waals surface area contributed by atoms with Crippen molar-refractivity contribution in [2.75, 3.05) is 0 Å². The van der Waals surface area contributed by atoms with Gasteiger partial charge in [-0.1, -0.05) is 179 Å². The molecule has 2 aromatic rings. The van der Waals surface area contributed by atoms with Gasteiger partial charge in [0.15, 0.2) is 0 Å². The van der Waals surface area contributed by atoms with E-state index in [9.17, 15) is 0 Å². The molecule has 0 unspecified atom stereocenters. The number of unbranched alkanes of at least 4 members (excludes halogenated alkanes) is 19. The smallest absolute Gasteiger partial charge is 0.247 e. The largest absolute Gasteiger partial charge is 0.257 e. The van der Waals surface area contributed by atoms with Crippen LogP contribution in [-0.2, 0) is 13.0 Å². The van der Waals surface area contributed by atoms with Crippen molar-refractivity contribution in [1.29, 1.82) is 0 Å². The molecule has 40 heavy (non-hydrogen) atoms. The topological polar surface area (TPSA) is 19.7 Å². The van der Waals surface area contributed by atoms with Gasteiger partial charge in [-0.2, -0.15) is 0 Å². The average Bonchev–Trinajstić information content (AvgIpc) is 3.44. The zero-order valence-corrected chi connectivity index (χ0v) is 27.0. The van der Waals surface area contributed by atoms with Gasteiger partial charge in [-0.05, 0) is 31.2 Å². The third-order valence-corrected chi connectivity index (χ3v) is 8.95. The number of aryl methyl sites for hydroxylation is 2. The van der Waals surface area contributed by atoms with E-state index in [2.05, 4.69) is 66.1 Å². The van der Waals surface area contributed by atoms with Crippen molar-refractivity contribution in [2.24, 2.45) is 0 Å². The van der Waals surface area contributed by atoms with Crippen LogP contribution in [0.15, 0.2) is 42.7 Å². The van der Waals surface area contributed by atoms with E-state index in [4.69, 9.17) is 0 Å². The summed E-state index contributed by atoms with van der Waals surface area (Å²) in [4.78, 5) is 3.69. The van der Waals surface area contributed by atoms with E-state index < -0.39 is 0 Å². The first-order valence-corrected chi connectivity index (χ1v) is 18.0. The summed E-state index contributed by atoms with van der Waals surface area (Å²) >= 11 is 0. The lowest BCUT2D eigenvalue weighted by Crippen LogP contribution is -2.37. The molecule has 0 aliphatic rings. The molecule has 0 amide bonds. The lowest BCUT2D eigenvalue weighted by atomic mass is 9.93. The first-order chi connectivity index (χ1) is 19.8. The summed E-state index contributed by atoms with van der Waals surface area (Å²) < 4.78 is 2.54. The normalized spacial score (nSPS) is 12.2. The Balaban J connectivity index is 1.71. The Bertz CT molecular complexity index is 780. The summed E-state index contributed by atoms with van der Waals surface area (Å²) in [6.07, 6.45) is 39.5. The van der Waals surface area contributed by atoms with Gasteiger partial charge in [0, 0.05) is 0 Å². The average molecular weight is 552 g/mol. The highest BCUT2D eigenvalue weighted by molar-refractivity contribution is 5.14. The Labute approximate surface area is 250 Å². The first kappa shape index (κ1) is 34.6. The molecule has 2 nitrogen and oxygen atoms in total. The fraction of sp³-hybridized carbons (Fsp3) is 0.763. The van der Waals surface area contributed by atoms with Crippen LogP contribution in [0.3, 0.4) is 0 Å². The maximum absolute atomic E-state index is 3.69. The van der Waals surface area contributed by atoms with Gasteiger partial charge in [0.25, 0.3) is 5.82 Å². The molecule has 2 heteroatoms. The molecule has 1 N–H and O–H groups in total. The second kappa shape index (κ2) is 25.2. The van der Waals surface area contributed by atoms with Gasteiger partial charge in [0.1, 0.15) is 12.4 Å². The molecule has 0 bridgehead atoms. The predicted octanol–water partition coefficient (Wildman–Crippen LogP) is 12.0. The van der Waals surface area contributed by atoms with Crippen LogP contribution in [0.4, 0.5) is 0 Å². The van der Waals surface area contributed by atoms with E-state index >= 15 is 0 Å². The van der Waals surface area contributed by atoms with Gasteiger partial charge in [-0.25, -0.2) is 9.55 Å². The van der Waals surface area contributed by atoms with Crippen LogP contribution < -0.4 is 4.57 Å². The minimum absolute atomic E-state index is 0.694. The van der Waals surface area contributed by atoms with E-state index in [-0.39, 0.29) is 0 Å². The zero-order chi connectivity index (χ0) is 28.4. The Kier molecular flexibility index (Phi) is 21.8. The highest BCUT2D eigenvalue weighted by Crippen LogP contribution is 2.26. The Morgan fingerprint density at radius 3 is 1.48 bits per heavy atom. The highest BCUT2D eigenvalue weighted by atomic mass is 15.1. The van der Waals surface area contributed by atoms with Gasteiger partial charge in [0.2, 0.25) is 0 Å². The number of hydrogen-bond donors (Lipinski definition) is 1. The molecule has 1 atom stereocenters. The maximum atomic E-state index is 3.69. The fourth-order valence-corrected chi connectivity index (χ4v) is 6.37. The maximum Gasteiger partial charge on any atom is 0.257 e. The van der Waals surface area contributed by atoms with Crippen molar-refractivity contribution in [3.63, 3.8) is 0 Å². The molecule has 2 rings (SSSR count). The first-order valence-electron chi connectivity index (χ1n) is 18.0. The summed E-state index contributed by atoms with van der Waals surface area (Å²) in [5.74, 6) is 2.19. The Hall–Kier alpha value is -1.57. The van der Waals surface area contributed by atoms with Crippen molar-refractivity contribution in [2.45, 2.75) is 187 Å². The fourth-order valence-electron chi connectivity index (χ4n) is 6.37. The number of aromatic nitrogens is 2. The Morgan fingerprint density at radius 2 is 1.00 bits per heavy atom. The number of aromatic amines is 1. The van der Waals surface area contributed by atoms with Crippen LogP contribution in [0.25, 0.3) is 0 Å². The molecular formula is C38H67N2+. The molecule has 1 heterocycles. The molecule has 0 radical (unpaired) electrons. The summed E-state index contributed by atoms with van der Waals surface area (Å²) in [6, 6.07) is 11.0. The molecular weight excluding hydrogens is 484 g/mol. The number of nitrogens with one attached hydrogen (secondary N) is 1. The molecule has 0 fully saturated rings. The molecule has 1 aromatic carbocycles. The van der Waals surface area contributed by atoms with E-state index in [0.717, 1.165) is 6.54 Å². The third kappa shape index (κ3) is 17.3. The zero-order valence-electron chi connectivity index (χ0n) is 27.0. The lowest BCUT2D eigenvalue weighted by Gasteiger charge is -2.14. The molecule has 0 aliphatic carbocycles. The van der Waals surface area contributed by atoms with Gasteiger partial charge in [0.05, 0.1) is 12.5 Å². The molecule has 0 saturated heterocycles. The number of H-pyrrole nitrogens is 1. The second-order valence-corrected chi connectivity index (χ2v) is 12.6. The molecule has 1 aromatic heterocycles. The summed E-state index contributed by atoms with van der Waals surface area (Å²) in [7, 11) is 0. The summed E-state index contributed by atoms with van der Waals surface area (Å²) in [6.45, 7) is 5.74. The minimum atomic E-state index is 0.694. The van der Waals surface area contributed by atoms with Crippen molar-refractivity contribution < 1.29 is 4.57 Å². The quantitative estimate of drug-likeness (QED) is 0.0801. The number of nitrogens with zero attached hydrogens (tertiary/aromatic N) is 1. The summed E-state index contributed by atoms with van der Waals surface area (Å²) in [5.41, 5.74) is 1.46. The van der Waals surface area contributed by atoms with Crippen LogP contribution in [0.1, 0.15) is 185 Å². The summed E-state index contributed by atoms with van der Waals surface area (Å²) in [5, 5.41) is 0. The van der Waals surface area contributed by atoms with Gasteiger partial charge < -0.3 is 0 Å². The van der Waals surface area contributed by atoms with E-state index in [1.165, 1.54) is 172 Å². The van der Waals surface area contributed by atoms with Crippen molar-refractivity contribution in [1.82, 2.24) is 4.98 Å². The predicted molar refractivity (Wildman–Crippen MR) is 176 cm³/mol. The third-order valence-electron chi connectivity index (χ3n) is 8.95. The molecule has 0 spiro atoms. The second-order valence-electron chi connectivity index (χ2n) is 12.6. The SMILES string of the molecule is CCCCCCCCCCCCC[C@H](CCCCCCCCCCCC)c1[nH]cc[n+]1CCCc1ccccc1. The van der Waals surface area contributed by atoms with Crippen LogP contribution in [0.5, 0.6) is 0 Å². The van der Waals surface area contributed by atoms with Gasteiger partial charge in [-0.3, -0.25) is 0 Å². The monoisotopic (exact) mass is 552 g/mol. The molecule has 0 aliphatic heterocycles. The van der Waals surface area contributed by atoms with Crippen molar-refractivity contribution >= 4 is 0 Å². The van der Waals surface area contributed by atoms with Crippen LogP contribution in [0.2, 0.25) is 0 Å². The Morgan fingerprint density at radius 1 is 0.550 bits per heavy atom. The van der Waals surface area contributed by atoms with Crippen LogP contribution >= 0.6 is 0 Å². The number of rotatable bonds is 28. The molecule has 228 valence electrons. The van der Waals surface area contributed by atoms with Crippen molar-refractivity contribution in [3.8, 4) is 0 Å². The number of imidazole rings is 1. The highest BCUT2D eigenvalue weighted by Gasteiger charge is 2.22. The number of hydrogen-bond acceptors (Lipinski definition) is 0. The van der Waals surface area contributed by atoms with Crippen LogP contribution in [-0.4, -0.2) is 4.98 Å². The van der Waals surface area contributed by atoms with Crippen LogP contribution in [0, 0.1) is 0 Å². The van der Waals surface area contributed by atoms with Crippen molar-refractivity contribution in [3.05, 3.63) is 54.1 Å². The minimum Gasteiger partial charge on any atom is -0.247 e. The number of benzene rings is 1. The van der Waals surface area contributed by atoms with E-state index in [1.807, 2.05) is 0 Å². The molecule has 0 saturated carbocycles. The standard InChI is InChI=1S/C38H66N2/c1-3-5-7-9-11-13-15-17-19-21-26-32-37(31-25-20-18-16-14-12-10-8-6-4-2)38-39-33-35-40(38)34-27-30-36-28-23-22-24-29-36/h22-24,28-29,33,35,37H,3-21,25-27,30-32,34H2,1-2H3/p+1/t37-/m0/s1.